The monoisotopic (exact) mass is 233 g/mol. The third-order valence-corrected chi connectivity index (χ3v) is 3.36. The molecule has 1 aromatic rings. The van der Waals surface area contributed by atoms with Gasteiger partial charge in [0.1, 0.15) is 6.04 Å². The molecule has 4 heteroatoms. The van der Waals surface area contributed by atoms with E-state index in [-0.39, 0.29) is 11.9 Å². The Hall–Kier alpha value is -1.55. The maximum absolute atomic E-state index is 12.1. The summed E-state index contributed by atoms with van der Waals surface area (Å²) < 4.78 is 0. The van der Waals surface area contributed by atoms with Crippen LogP contribution < -0.4 is 10.6 Å². The minimum Gasteiger partial charge on any atom is -0.356 e. The van der Waals surface area contributed by atoms with Crippen molar-refractivity contribution in [2.75, 3.05) is 31.6 Å². The van der Waals surface area contributed by atoms with Crippen LogP contribution in [0.5, 0.6) is 0 Å². The molecule has 0 saturated carbocycles. The Morgan fingerprint density at radius 3 is 2.71 bits per heavy atom. The summed E-state index contributed by atoms with van der Waals surface area (Å²) >= 11 is 0. The molecule has 1 aliphatic rings. The van der Waals surface area contributed by atoms with E-state index in [9.17, 15) is 4.79 Å². The Labute approximate surface area is 102 Å². The molecule has 2 N–H and O–H groups in total. The number of benzene rings is 1. The van der Waals surface area contributed by atoms with Crippen LogP contribution in [0.1, 0.15) is 5.56 Å². The van der Waals surface area contributed by atoms with Crippen LogP contribution in [0.3, 0.4) is 0 Å². The topological polar surface area (TPSA) is 49.6 Å². The van der Waals surface area contributed by atoms with Crippen molar-refractivity contribution in [2.24, 2.45) is 5.73 Å². The second-order valence-electron chi connectivity index (χ2n) is 4.49. The summed E-state index contributed by atoms with van der Waals surface area (Å²) in [6.07, 6.45) is 0. The maximum atomic E-state index is 12.1. The molecule has 4 nitrogen and oxygen atoms in total. The van der Waals surface area contributed by atoms with Crippen LogP contribution in [-0.4, -0.2) is 43.5 Å². The number of likely N-dealkylation sites (N-methyl/N-ethyl adjacent to an activating group) is 1. The number of carbonyl (C=O) groups is 1. The third kappa shape index (κ3) is 2.13. The normalized spacial score (nSPS) is 20.9. The van der Waals surface area contributed by atoms with E-state index >= 15 is 0 Å². The number of rotatable bonds is 2. The van der Waals surface area contributed by atoms with Crippen molar-refractivity contribution in [1.29, 1.82) is 0 Å². The molecule has 1 saturated heterocycles. The molecule has 1 atom stereocenters. The Morgan fingerprint density at radius 1 is 1.35 bits per heavy atom. The Bertz CT molecular complexity index is 419. The Balaban J connectivity index is 2.32. The molecule has 0 radical (unpaired) electrons. The van der Waals surface area contributed by atoms with Gasteiger partial charge in [0.2, 0.25) is 5.91 Å². The van der Waals surface area contributed by atoms with Crippen LogP contribution >= 0.6 is 0 Å². The van der Waals surface area contributed by atoms with Crippen LogP contribution in [-0.2, 0) is 4.79 Å². The number of para-hydroxylation sites is 1. The van der Waals surface area contributed by atoms with Crippen molar-refractivity contribution in [3.05, 3.63) is 29.8 Å². The average Bonchev–Trinajstić information content (AvgIpc) is 2.33. The first-order valence-corrected chi connectivity index (χ1v) is 5.92. The molecule has 1 amide bonds. The number of amides is 1. The standard InChI is InChI=1S/C13H19N3O/c1-10-5-3-4-6-11(10)16-8-7-15(2)13(17)12(16)9-14/h3-6,12H,7-9,14H2,1-2H3. The van der Waals surface area contributed by atoms with Gasteiger partial charge < -0.3 is 15.5 Å². The second kappa shape index (κ2) is 4.75. The van der Waals surface area contributed by atoms with E-state index in [1.54, 1.807) is 4.90 Å². The predicted molar refractivity (Wildman–Crippen MR) is 69.0 cm³/mol. The van der Waals surface area contributed by atoms with Gasteiger partial charge in [-0.2, -0.15) is 0 Å². The maximum Gasteiger partial charge on any atom is 0.246 e. The highest BCUT2D eigenvalue weighted by molar-refractivity contribution is 5.87. The van der Waals surface area contributed by atoms with E-state index < -0.39 is 0 Å². The van der Waals surface area contributed by atoms with Gasteiger partial charge in [-0.15, -0.1) is 0 Å². The van der Waals surface area contributed by atoms with Crippen molar-refractivity contribution in [2.45, 2.75) is 13.0 Å². The quantitative estimate of drug-likeness (QED) is 0.814. The summed E-state index contributed by atoms with van der Waals surface area (Å²) in [5.74, 6) is 0.113. The third-order valence-electron chi connectivity index (χ3n) is 3.36. The van der Waals surface area contributed by atoms with Crippen molar-refractivity contribution < 1.29 is 4.79 Å². The van der Waals surface area contributed by atoms with Gasteiger partial charge in [-0.1, -0.05) is 18.2 Å². The molecule has 1 heterocycles. The summed E-state index contributed by atoms with van der Waals surface area (Å²) in [6, 6.07) is 7.89. The van der Waals surface area contributed by atoms with E-state index in [0.717, 1.165) is 18.8 Å². The van der Waals surface area contributed by atoms with E-state index in [4.69, 9.17) is 5.73 Å². The molecule has 1 aromatic carbocycles. The number of anilines is 1. The molecular formula is C13H19N3O. The SMILES string of the molecule is Cc1ccccc1N1CCN(C)C(=O)C1CN. The predicted octanol–water partition coefficient (Wildman–Crippen LogP) is 0.601. The van der Waals surface area contributed by atoms with Crippen molar-refractivity contribution in [3.8, 4) is 0 Å². The number of hydrogen-bond donors (Lipinski definition) is 1. The van der Waals surface area contributed by atoms with E-state index in [0.29, 0.717) is 6.54 Å². The molecule has 0 spiro atoms. The largest absolute Gasteiger partial charge is 0.356 e. The lowest BCUT2D eigenvalue weighted by Crippen LogP contribution is -2.58. The summed E-state index contributed by atoms with van der Waals surface area (Å²) in [4.78, 5) is 15.9. The Morgan fingerprint density at radius 2 is 2.06 bits per heavy atom. The summed E-state index contributed by atoms with van der Waals surface area (Å²) in [5.41, 5.74) is 8.04. The number of carbonyl (C=O) groups excluding carboxylic acids is 1. The van der Waals surface area contributed by atoms with E-state index in [2.05, 4.69) is 24.0 Å². The molecular weight excluding hydrogens is 214 g/mol. The minimum atomic E-state index is -0.227. The van der Waals surface area contributed by atoms with Crippen LogP contribution in [0, 0.1) is 6.92 Å². The lowest BCUT2D eigenvalue weighted by molar-refractivity contribution is -0.132. The summed E-state index contributed by atoms with van der Waals surface area (Å²) in [6.45, 7) is 4.02. The molecule has 92 valence electrons. The lowest BCUT2D eigenvalue weighted by atomic mass is 10.1. The van der Waals surface area contributed by atoms with Gasteiger partial charge in [-0.3, -0.25) is 4.79 Å². The van der Waals surface area contributed by atoms with Crippen molar-refractivity contribution in [1.82, 2.24) is 4.90 Å². The first kappa shape index (κ1) is 11.9. The van der Waals surface area contributed by atoms with Crippen molar-refractivity contribution >= 4 is 11.6 Å². The molecule has 1 aliphatic heterocycles. The highest BCUT2D eigenvalue weighted by atomic mass is 16.2. The highest BCUT2D eigenvalue weighted by Crippen LogP contribution is 2.24. The molecule has 1 unspecified atom stereocenters. The zero-order valence-corrected chi connectivity index (χ0v) is 10.4. The molecule has 0 aromatic heterocycles. The Kier molecular flexibility index (Phi) is 3.33. The van der Waals surface area contributed by atoms with Crippen LogP contribution in [0.25, 0.3) is 0 Å². The summed E-state index contributed by atoms with van der Waals surface area (Å²) in [7, 11) is 1.83. The summed E-state index contributed by atoms with van der Waals surface area (Å²) in [5, 5.41) is 0. The number of hydrogen-bond acceptors (Lipinski definition) is 3. The van der Waals surface area contributed by atoms with E-state index in [1.165, 1.54) is 5.56 Å². The minimum absolute atomic E-state index is 0.113. The molecule has 1 fully saturated rings. The fraction of sp³-hybridized carbons (Fsp3) is 0.462. The number of aryl methyl sites for hydroxylation is 1. The molecule has 17 heavy (non-hydrogen) atoms. The smallest absolute Gasteiger partial charge is 0.246 e. The first-order valence-electron chi connectivity index (χ1n) is 5.92. The highest BCUT2D eigenvalue weighted by Gasteiger charge is 2.32. The van der Waals surface area contributed by atoms with Gasteiger partial charge in [-0.05, 0) is 18.6 Å². The number of piperazine rings is 1. The van der Waals surface area contributed by atoms with Crippen molar-refractivity contribution in [3.63, 3.8) is 0 Å². The van der Waals surface area contributed by atoms with Gasteiger partial charge in [-0.25, -0.2) is 0 Å². The fourth-order valence-electron chi connectivity index (χ4n) is 2.31. The zero-order chi connectivity index (χ0) is 12.4. The average molecular weight is 233 g/mol. The van der Waals surface area contributed by atoms with Gasteiger partial charge in [0.05, 0.1) is 0 Å². The van der Waals surface area contributed by atoms with E-state index in [1.807, 2.05) is 19.2 Å². The van der Waals surface area contributed by atoms with Gasteiger partial charge in [0.15, 0.2) is 0 Å². The lowest BCUT2D eigenvalue weighted by Gasteiger charge is -2.40. The zero-order valence-electron chi connectivity index (χ0n) is 10.4. The van der Waals surface area contributed by atoms with Gasteiger partial charge >= 0.3 is 0 Å². The fourth-order valence-corrected chi connectivity index (χ4v) is 2.31. The van der Waals surface area contributed by atoms with Crippen LogP contribution in [0.2, 0.25) is 0 Å². The van der Waals surface area contributed by atoms with Crippen LogP contribution in [0.15, 0.2) is 24.3 Å². The molecule has 0 bridgehead atoms. The van der Waals surface area contributed by atoms with Gasteiger partial charge in [0, 0.05) is 32.4 Å². The molecule has 0 aliphatic carbocycles. The second-order valence-corrected chi connectivity index (χ2v) is 4.49. The van der Waals surface area contributed by atoms with Crippen LogP contribution in [0.4, 0.5) is 5.69 Å². The number of nitrogens with two attached hydrogens (primary N) is 1. The first-order chi connectivity index (χ1) is 8.15. The number of nitrogens with zero attached hydrogens (tertiary/aromatic N) is 2. The molecule has 2 rings (SSSR count). The van der Waals surface area contributed by atoms with Gasteiger partial charge in [0.25, 0.3) is 0 Å².